The highest BCUT2D eigenvalue weighted by molar-refractivity contribution is 7.89. The van der Waals surface area contributed by atoms with E-state index >= 15 is 4.39 Å². The number of imide groups is 1. The number of hydrogen-bond donors (Lipinski definition) is 0. The average Bonchev–Trinajstić information content (AvgIpc) is 3.59. The van der Waals surface area contributed by atoms with Gasteiger partial charge in [-0.15, -0.1) is 0 Å². The summed E-state index contributed by atoms with van der Waals surface area (Å²) < 4.78 is 49.5. The van der Waals surface area contributed by atoms with Gasteiger partial charge in [0.1, 0.15) is 16.7 Å². The maximum Gasteiger partial charge on any atom is 0.417 e. The van der Waals surface area contributed by atoms with E-state index in [-0.39, 0.29) is 45.6 Å². The van der Waals surface area contributed by atoms with Gasteiger partial charge in [-0.25, -0.2) is 32.2 Å². The van der Waals surface area contributed by atoms with Gasteiger partial charge in [-0.05, 0) is 46.0 Å². The molecular formula is C30H33FN8O5S. The average molecular weight is 637 g/mol. The molecule has 0 spiro atoms. The van der Waals surface area contributed by atoms with Crippen molar-refractivity contribution in [2.45, 2.75) is 38.2 Å². The molecule has 2 amide bonds. The lowest BCUT2D eigenvalue weighted by Gasteiger charge is -2.41. The Morgan fingerprint density at radius 2 is 1.82 bits per heavy atom. The molecule has 45 heavy (non-hydrogen) atoms. The van der Waals surface area contributed by atoms with Crippen LogP contribution in [-0.2, 0) is 21.3 Å². The molecule has 0 N–H and O–H groups in total. The number of nitrogens with zero attached hydrogens (tertiary/aromatic N) is 8. The number of rotatable bonds is 5. The SMILES string of the molecule is CN1CC(S(=O)(=O)N2CCN(c3ccn(-c4cc(-c5c(F)cccc5C#N)nc5c4C(=O)N(C(=O)OC(C)(C)C)C5)n3)CC2)C1. The van der Waals surface area contributed by atoms with Crippen molar-refractivity contribution in [3.63, 3.8) is 0 Å². The maximum absolute atomic E-state index is 15.1. The van der Waals surface area contributed by atoms with Gasteiger partial charge in [0, 0.05) is 51.5 Å². The normalized spacial score (nSPS) is 18.1. The molecule has 3 aromatic rings. The van der Waals surface area contributed by atoms with Crippen molar-refractivity contribution >= 4 is 27.8 Å². The molecule has 13 nitrogen and oxygen atoms in total. The quantitative estimate of drug-likeness (QED) is 0.410. The number of anilines is 1. The second kappa shape index (κ2) is 11.2. The number of sulfonamides is 1. The molecule has 0 bridgehead atoms. The number of amides is 2. The Kier molecular flexibility index (Phi) is 7.62. The predicted octanol–water partition coefficient (Wildman–Crippen LogP) is 2.60. The van der Waals surface area contributed by atoms with Crippen molar-refractivity contribution in [1.29, 1.82) is 5.26 Å². The molecule has 0 aliphatic carbocycles. The Morgan fingerprint density at radius 3 is 2.47 bits per heavy atom. The van der Waals surface area contributed by atoms with Crippen molar-refractivity contribution in [2.75, 3.05) is 51.2 Å². The minimum Gasteiger partial charge on any atom is -0.443 e. The lowest BCUT2D eigenvalue weighted by atomic mass is 10.0. The predicted molar refractivity (Wildman–Crippen MR) is 162 cm³/mol. The molecule has 5 heterocycles. The number of hydrogen-bond acceptors (Lipinski definition) is 10. The highest BCUT2D eigenvalue weighted by atomic mass is 32.2. The molecule has 6 rings (SSSR count). The Balaban J connectivity index is 1.33. The van der Waals surface area contributed by atoms with E-state index < -0.39 is 33.4 Å². The van der Waals surface area contributed by atoms with E-state index in [1.807, 2.05) is 22.9 Å². The van der Waals surface area contributed by atoms with E-state index in [1.54, 1.807) is 33.0 Å². The summed E-state index contributed by atoms with van der Waals surface area (Å²) in [6, 6.07) is 9.33. The van der Waals surface area contributed by atoms with Crippen LogP contribution in [0.25, 0.3) is 16.9 Å². The number of carbonyl (C=O) groups excluding carboxylic acids is 2. The monoisotopic (exact) mass is 636 g/mol. The van der Waals surface area contributed by atoms with E-state index in [2.05, 4.69) is 4.98 Å². The van der Waals surface area contributed by atoms with Gasteiger partial charge in [-0.3, -0.25) is 4.79 Å². The summed E-state index contributed by atoms with van der Waals surface area (Å²) in [5, 5.41) is 14.0. The van der Waals surface area contributed by atoms with E-state index in [1.165, 1.54) is 33.3 Å². The number of piperazine rings is 1. The molecule has 3 aliphatic heterocycles. The zero-order valence-corrected chi connectivity index (χ0v) is 26.2. The minimum absolute atomic E-state index is 0.0328. The Bertz CT molecular complexity index is 1830. The summed E-state index contributed by atoms with van der Waals surface area (Å²) in [5.41, 5.74) is -0.150. The summed E-state index contributed by atoms with van der Waals surface area (Å²) in [6.45, 7) is 7.39. The van der Waals surface area contributed by atoms with Crippen LogP contribution in [0.2, 0.25) is 0 Å². The number of likely N-dealkylation sites (tertiary alicyclic amines) is 1. The summed E-state index contributed by atoms with van der Waals surface area (Å²) in [4.78, 5) is 36.0. The molecule has 2 aromatic heterocycles. The first-order chi connectivity index (χ1) is 21.3. The zero-order valence-electron chi connectivity index (χ0n) is 25.4. The van der Waals surface area contributed by atoms with Gasteiger partial charge >= 0.3 is 6.09 Å². The topological polar surface area (TPSA) is 145 Å². The molecule has 2 saturated heterocycles. The second-order valence-electron chi connectivity index (χ2n) is 12.4. The second-order valence-corrected chi connectivity index (χ2v) is 14.6. The van der Waals surface area contributed by atoms with Crippen LogP contribution in [0.15, 0.2) is 36.5 Å². The first-order valence-corrected chi connectivity index (χ1v) is 16.0. The number of pyridine rings is 1. The van der Waals surface area contributed by atoms with E-state index in [4.69, 9.17) is 9.84 Å². The van der Waals surface area contributed by atoms with Crippen molar-refractivity contribution < 1.29 is 27.1 Å². The first-order valence-electron chi connectivity index (χ1n) is 14.5. The van der Waals surface area contributed by atoms with Crippen LogP contribution < -0.4 is 4.90 Å². The van der Waals surface area contributed by atoms with Crippen LogP contribution in [0, 0.1) is 17.1 Å². The Hall–Kier alpha value is -4.39. The number of ether oxygens (including phenoxy) is 1. The molecule has 3 aliphatic rings. The van der Waals surface area contributed by atoms with E-state index in [9.17, 15) is 23.3 Å². The van der Waals surface area contributed by atoms with Gasteiger partial charge in [0.25, 0.3) is 5.91 Å². The van der Waals surface area contributed by atoms with Crippen LogP contribution >= 0.6 is 0 Å². The van der Waals surface area contributed by atoms with Gasteiger partial charge in [0.2, 0.25) is 10.0 Å². The summed E-state index contributed by atoms with van der Waals surface area (Å²) in [5.74, 6) is -0.747. The number of carbonyl (C=O) groups is 2. The molecule has 0 unspecified atom stereocenters. The largest absolute Gasteiger partial charge is 0.443 e. The molecule has 2 fully saturated rings. The first kappa shape index (κ1) is 30.6. The standard InChI is InChI=1S/C30H33FN8O5S/c1-30(2,3)44-29(41)38-18-23-27(28(38)40)24(14-22(33-23)26-19(15-32)6-5-7-21(26)31)39-9-8-25(34-39)36-10-12-37(13-11-36)45(42,43)20-16-35(4)17-20/h5-9,14,20H,10-13,16-18H2,1-4H3. The van der Waals surface area contributed by atoms with Gasteiger partial charge < -0.3 is 14.5 Å². The molecular weight excluding hydrogens is 603 g/mol. The van der Waals surface area contributed by atoms with Crippen molar-refractivity contribution in [3.05, 3.63) is 59.2 Å². The maximum atomic E-state index is 15.1. The third-order valence-electron chi connectivity index (χ3n) is 8.04. The van der Waals surface area contributed by atoms with Crippen LogP contribution in [0.1, 0.15) is 42.4 Å². The number of fused-ring (bicyclic) bond motifs is 1. The number of halogens is 1. The molecule has 0 radical (unpaired) electrons. The van der Waals surface area contributed by atoms with Crippen molar-refractivity contribution in [3.8, 4) is 23.0 Å². The van der Waals surface area contributed by atoms with Crippen LogP contribution in [0.3, 0.4) is 0 Å². The molecule has 1 aromatic carbocycles. The fraction of sp³-hybridized carbons (Fsp3) is 0.433. The zero-order chi connectivity index (χ0) is 32.3. The molecule has 0 atom stereocenters. The van der Waals surface area contributed by atoms with Crippen LogP contribution in [0.4, 0.5) is 15.0 Å². The van der Waals surface area contributed by atoms with Gasteiger partial charge in [-0.1, -0.05) is 6.07 Å². The van der Waals surface area contributed by atoms with Gasteiger partial charge in [0.15, 0.2) is 5.82 Å². The molecule has 15 heteroatoms. The highest BCUT2D eigenvalue weighted by Crippen LogP contribution is 2.34. The Labute approximate surface area is 260 Å². The fourth-order valence-corrected chi connectivity index (χ4v) is 7.75. The van der Waals surface area contributed by atoms with Crippen LogP contribution in [-0.4, -0.2) is 106 Å². The van der Waals surface area contributed by atoms with Crippen molar-refractivity contribution in [2.24, 2.45) is 0 Å². The number of nitriles is 1. The van der Waals surface area contributed by atoms with Crippen LogP contribution in [0.5, 0.6) is 0 Å². The number of benzene rings is 1. The molecule has 0 saturated carbocycles. The molecule has 236 valence electrons. The third-order valence-corrected chi connectivity index (χ3v) is 10.3. The third kappa shape index (κ3) is 5.65. The summed E-state index contributed by atoms with van der Waals surface area (Å²) in [7, 11) is -1.49. The summed E-state index contributed by atoms with van der Waals surface area (Å²) in [6.07, 6.45) is 0.794. The lowest BCUT2D eigenvalue weighted by Crippen LogP contribution is -2.59. The smallest absolute Gasteiger partial charge is 0.417 e. The minimum atomic E-state index is -3.38. The highest BCUT2D eigenvalue weighted by Gasteiger charge is 2.41. The fourth-order valence-electron chi connectivity index (χ4n) is 5.77. The van der Waals surface area contributed by atoms with Crippen molar-refractivity contribution in [1.82, 2.24) is 28.9 Å². The van der Waals surface area contributed by atoms with E-state index in [0.717, 1.165) is 4.90 Å². The van der Waals surface area contributed by atoms with Gasteiger partial charge in [0.05, 0.1) is 46.4 Å². The number of aromatic nitrogens is 3. The van der Waals surface area contributed by atoms with E-state index in [0.29, 0.717) is 45.1 Å². The summed E-state index contributed by atoms with van der Waals surface area (Å²) >= 11 is 0. The lowest BCUT2D eigenvalue weighted by molar-refractivity contribution is 0.0247. The van der Waals surface area contributed by atoms with Gasteiger partial charge in [-0.2, -0.15) is 14.7 Å². The Morgan fingerprint density at radius 1 is 1.11 bits per heavy atom.